The maximum Gasteiger partial charge on any atom is 0.267 e. The van der Waals surface area contributed by atoms with Crippen molar-refractivity contribution in [2.75, 3.05) is 0 Å². The number of hydrogen-bond acceptors (Lipinski definition) is 5. The molecule has 0 aliphatic heterocycles. The van der Waals surface area contributed by atoms with E-state index < -0.39 is 0 Å². The van der Waals surface area contributed by atoms with Crippen molar-refractivity contribution in [3.05, 3.63) is 76.2 Å². The first-order chi connectivity index (χ1) is 12.1. The zero-order valence-corrected chi connectivity index (χ0v) is 14.8. The highest BCUT2D eigenvalue weighted by atomic mass is 32.2. The van der Waals surface area contributed by atoms with Gasteiger partial charge in [0.05, 0.1) is 11.8 Å². The zero-order valence-electron chi connectivity index (χ0n) is 13.1. The van der Waals surface area contributed by atoms with Gasteiger partial charge in [-0.3, -0.25) is 14.6 Å². The maximum absolute atomic E-state index is 12.8. The average molecular weight is 369 g/mol. The van der Waals surface area contributed by atoms with Crippen LogP contribution in [0.3, 0.4) is 0 Å². The third-order valence-electron chi connectivity index (χ3n) is 3.32. The van der Waals surface area contributed by atoms with Gasteiger partial charge in [-0.25, -0.2) is 4.98 Å². The number of hydrazone groups is 1. The molecule has 0 amide bonds. The topological polar surface area (TPSA) is 84.8 Å². The van der Waals surface area contributed by atoms with E-state index in [2.05, 4.69) is 15.5 Å². The molecule has 0 saturated carbocycles. The van der Waals surface area contributed by atoms with Crippen LogP contribution in [0, 0.1) is 0 Å². The van der Waals surface area contributed by atoms with E-state index in [4.69, 9.17) is 18.0 Å². The van der Waals surface area contributed by atoms with Gasteiger partial charge in [0.2, 0.25) is 0 Å². The molecule has 126 valence electrons. The van der Waals surface area contributed by atoms with Gasteiger partial charge in [0.25, 0.3) is 5.56 Å². The molecule has 0 aliphatic rings. The molecule has 0 radical (unpaired) electrons. The summed E-state index contributed by atoms with van der Waals surface area (Å²) in [5.74, 6) is 0.694. The minimum absolute atomic E-state index is 0.0311. The Bertz CT molecular complexity index is 985. The number of benzene rings is 1. The van der Waals surface area contributed by atoms with E-state index in [9.17, 15) is 4.79 Å². The molecule has 0 spiro atoms. The SMILES string of the molecule is NC(=S)NN=Cc1c(SCc2ccccc2)nc2ccccn2c1=O. The Hall–Kier alpha value is -2.71. The second-order valence-electron chi connectivity index (χ2n) is 5.07. The largest absolute Gasteiger partial charge is 0.375 e. The van der Waals surface area contributed by atoms with Crippen LogP contribution in [-0.4, -0.2) is 20.7 Å². The molecular weight excluding hydrogens is 354 g/mol. The number of thioether (sulfide) groups is 1. The minimum Gasteiger partial charge on any atom is -0.375 e. The number of thiocarbonyl (C=S) groups is 1. The van der Waals surface area contributed by atoms with Crippen molar-refractivity contribution in [3.63, 3.8) is 0 Å². The number of aromatic nitrogens is 2. The number of nitrogens with two attached hydrogens (primary N) is 1. The van der Waals surface area contributed by atoms with Crippen molar-refractivity contribution in [1.29, 1.82) is 0 Å². The predicted molar refractivity (Wildman–Crippen MR) is 105 cm³/mol. The Morgan fingerprint density at radius 3 is 2.80 bits per heavy atom. The standard InChI is InChI=1S/C17H15N5OS2/c18-17(24)21-19-10-13-15(25-11-12-6-2-1-3-7-12)20-14-8-4-5-9-22(14)16(13)23/h1-10H,11H2,(H3,18,21,24). The summed E-state index contributed by atoms with van der Waals surface area (Å²) in [5, 5.41) is 4.55. The molecule has 2 aromatic heterocycles. The van der Waals surface area contributed by atoms with E-state index in [-0.39, 0.29) is 10.7 Å². The quantitative estimate of drug-likeness (QED) is 0.236. The van der Waals surface area contributed by atoms with Gasteiger partial charge in [-0.2, -0.15) is 5.10 Å². The molecule has 8 heteroatoms. The second-order valence-corrected chi connectivity index (χ2v) is 6.48. The van der Waals surface area contributed by atoms with E-state index in [0.29, 0.717) is 22.0 Å². The van der Waals surface area contributed by atoms with Gasteiger partial charge in [-0.1, -0.05) is 36.4 Å². The van der Waals surface area contributed by atoms with Gasteiger partial charge >= 0.3 is 0 Å². The third-order valence-corrected chi connectivity index (χ3v) is 4.47. The zero-order chi connectivity index (χ0) is 17.6. The molecule has 0 fully saturated rings. The fourth-order valence-electron chi connectivity index (χ4n) is 2.19. The normalized spacial score (nSPS) is 11.0. The smallest absolute Gasteiger partial charge is 0.267 e. The molecule has 1 aromatic carbocycles. The van der Waals surface area contributed by atoms with Crippen molar-refractivity contribution in [2.24, 2.45) is 10.8 Å². The fourth-order valence-corrected chi connectivity index (χ4v) is 3.19. The Kier molecular flexibility index (Phi) is 5.42. The second kappa shape index (κ2) is 7.91. The van der Waals surface area contributed by atoms with Crippen molar-refractivity contribution in [3.8, 4) is 0 Å². The Balaban J connectivity index is 2.00. The molecule has 0 aliphatic carbocycles. The maximum atomic E-state index is 12.8. The van der Waals surface area contributed by atoms with E-state index in [0.717, 1.165) is 5.56 Å². The number of fused-ring (bicyclic) bond motifs is 1. The van der Waals surface area contributed by atoms with Crippen LogP contribution in [0.5, 0.6) is 0 Å². The molecule has 3 rings (SSSR count). The Labute approximate surface area is 153 Å². The highest BCUT2D eigenvalue weighted by molar-refractivity contribution is 7.98. The lowest BCUT2D eigenvalue weighted by molar-refractivity contribution is 0.969. The van der Waals surface area contributed by atoms with Crippen LogP contribution < -0.4 is 16.7 Å². The van der Waals surface area contributed by atoms with Crippen LogP contribution in [0.2, 0.25) is 0 Å². The van der Waals surface area contributed by atoms with Crippen LogP contribution in [0.1, 0.15) is 11.1 Å². The van der Waals surface area contributed by atoms with Gasteiger partial charge < -0.3 is 5.73 Å². The van der Waals surface area contributed by atoms with E-state index in [1.807, 2.05) is 36.4 Å². The molecule has 25 heavy (non-hydrogen) atoms. The molecule has 0 unspecified atom stereocenters. The number of nitrogens with zero attached hydrogens (tertiary/aromatic N) is 3. The Morgan fingerprint density at radius 2 is 2.04 bits per heavy atom. The van der Waals surface area contributed by atoms with Crippen molar-refractivity contribution in [2.45, 2.75) is 10.8 Å². The molecule has 0 atom stereocenters. The lowest BCUT2D eigenvalue weighted by atomic mass is 10.2. The van der Waals surface area contributed by atoms with Crippen LogP contribution in [0.4, 0.5) is 0 Å². The molecule has 3 N–H and O–H groups in total. The number of pyridine rings is 1. The lowest BCUT2D eigenvalue weighted by Crippen LogP contribution is -2.25. The first-order valence-corrected chi connectivity index (χ1v) is 8.81. The van der Waals surface area contributed by atoms with Gasteiger partial charge in [-0.15, -0.1) is 11.8 Å². The molecular formula is C17H15N5OS2. The van der Waals surface area contributed by atoms with Crippen molar-refractivity contribution in [1.82, 2.24) is 14.8 Å². The molecule has 0 bridgehead atoms. The van der Waals surface area contributed by atoms with E-state index in [1.54, 1.807) is 18.3 Å². The first-order valence-electron chi connectivity index (χ1n) is 7.42. The van der Waals surface area contributed by atoms with Crippen LogP contribution >= 0.6 is 24.0 Å². The van der Waals surface area contributed by atoms with Gasteiger partial charge in [-0.05, 0) is 29.9 Å². The van der Waals surface area contributed by atoms with Crippen molar-refractivity contribution < 1.29 is 0 Å². The summed E-state index contributed by atoms with van der Waals surface area (Å²) in [6, 6.07) is 15.4. The first kappa shape index (κ1) is 17.1. The predicted octanol–water partition coefficient (Wildman–Crippen LogP) is 2.15. The monoisotopic (exact) mass is 369 g/mol. The lowest BCUT2D eigenvalue weighted by Gasteiger charge is -2.08. The summed E-state index contributed by atoms with van der Waals surface area (Å²) < 4.78 is 1.48. The van der Waals surface area contributed by atoms with Crippen LogP contribution in [-0.2, 0) is 5.75 Å². The highest BCUT2D eigenvalue weighted by Crippen LogP contribution is 2.22. The summed E-state index contributed by atoms with van der Waals surface area (Å²) in [6.45, 7) is 0. The van der Waals surface area contributed by atoms with Crippen LogP contribution in [0.25, 0.3) is 5.65 Å². The Morgan fingerprint density at radius 1 is 1.28 bits per heavy atom. The van der Waals surface area contributed by atoms with E-state index >= 15 is 0 Å². The molecule has 3 aromatic rings. The van der Waals surface area contributed by atoms with Gasteiger partial charge in [0.15, 0.2) is 5.11 Å². The summed E-state index contributed by atoms with van der Waals surface area (Å²) >= 11 is 6.20. The molecule has 6 nitrogen and oxygen atoms in total. The third kappa shape index (κ3) is 4.23. The molecule has 0 saturated heterocycles. The van der Waals surface area contributed by atoms with E-state index in [1.165, 1.54) is 22.4 Å². The number of nitrogens with one attached hydrogen (secondary N) is 1. The average Bonchev–Trinajstić information content (AvgIpc) is 2.63. The summed E-state index contributed by atoms with van der Waals surface area (Å²) in [6.07, 6.45) is 3.08. The summed E-state index contributed by atoms with van der Waals surface area (Å²) in [5.41, 5.74) is 9.74. The summed E-state index contributed by atoms with van der Waals surface area (Å²) in [4.78, 5) is 17.4. The van der Waals surface area contributed by atoms with Gasteiger partial charge in [0, 0.05) is 11.9 Å². The number of rotatable bonds is 5. The summed E-state index contributed by atoms with van der Waals surface area (Å²) in [7, 11) is 0. The van der Waals surface area contributed by atoms with Crippen LogP contribution in [0.15, 0.2) is 69.6 Å². The molecule has 2 heterocycles. The highest BCUT2D eigenvalue weighted by Gasteiger charge is 2.12. The minimum atomic E-state index is -0.199. The van der Waals surface area contributed by atoms with Crippen molar-refractivity contribution >= 4 is 41.0 Å². The number of hydrogen-bond donors (Lipinski definition) is 2. The fraction of sp³-hybridized carbons (Fsp3) is 0.0588. The van der Waals surface area contributed by atoms with Gasteiger partial charge in [0.1, 0.15) is 10.7 Å².